The molecular formula is C28H31N3O5S. The van der Waals surface area contributed by atoms with Crippen LogP contribution in [0.1, 0.15) is 42.6 Å². The first-order valence-electron chi connectivity index (χ1n) is 12.9. The van der Waals surface area contributed by atoms with E-state index in [4.69, 9.17) is 9.15 Å². The second-order valence-electron chi connectivity index (χ2n) is 10.5. The summed E-state index contributed by atoms with van der Waals surface area (Å²) in [5, 5.41) is 0. The molecule has 1 aliphatic carbocycles. The SMILES string of the molecule is O=c1cc(CN2CCc3ccccc3C2)occ1OC1CC2(CCN(S(=O)(=O)c3cccnc3)CC2)C1. The largest absolute Gasteiger partial charge is 0.483 e. The summed E-state index contributed by atoms with van der Waals surface area (Å²) in [6, 6.07) is 13.2. The Morgan fingerprint density at radius 3 is 2.57 bits per heavy atom. The van der Waals surface area contributed by atoms with Crippen LogP contribution in [-0.2, 0) is 29.5 Å². The molecule has 1 aromatic carbocycles. The summed E-state index contributed by atoms with van der Waals surface area (Å²) < 4.78 is 39.1. The fourth-order valence-corrected chi connectivity index (χ4v) is 7.35. The number of ether oxygens (including phenoxy) is 1. The van der Waals surface area contributed by atoms with Gasteiger partial charge in [0.05, 0.1) is 6.54 Å². The Balaban J connectivity index is 1.01. The molecule has 4 heterocycles. The molecule has 0 amide bonds. The summed E-state index contributed by atoms with van der Waals surface area (Å²) in [5.41, 5.74) is 2.64. The van der Waals surface area contributed by atoms with Crippen molar-refractivity contribution in [1.29, 1.82) is 0 Å². The molecule has 0 unspecified atom stereocenters. The lowest BCUT2D eigenvalue weighted by molar-refractivity contribution is -0.0459. The number of nitrogens with zero attached hydrogens (tertiary/aromatic N) is 3. The van der Waals surface area contributed by atoms with Crippen molar-refractivity contribution in [3.8, 4) is 5.75 Å². The Morgan fingerprint density at radius 2 is 1.84 bits per heavy atom. The predicted molar refractivity (Wildman–Crippen MR) is 138 cm³/mol. The van der Waals surface area contributed by atoms with Crippen LogP contribution in [-0.4, -0.2) is 48.3 Å². The molecule has 2 fully saturated rings. The van der Waals surface area contributed by atoms with Crippen molar-refractivity contribution >= 4 is 10.0 Å². The van der Waals surface area contributed by atoms with Crippen LogP contribution in [0, 0.1) is 5.41 Å². The van der Waals surface area contributed by atoms with E-state index in [0.29, 0.717) is 25.4 Å². The predicted octanol–water partition coefficient (Wildman–Crippen LogP) is 3.61. The van der Waals surface area contributed by atoms with Gasteiger partial charge in [0.15, 0.2) is 0 Å². The Kier molecular flexibility index (Phi) is 6.38. The smallest absolute Gasteiger partial charge is 0.244 e. The number of benzene rings is 1. The van der Waals surface area contributed by atoms with Crippen LogP contribution in [0.5, 0.6) is 5.75 Å². The second-order valence-corrected chi connectivity index (χ2v) is 12.5. The van der Waals surface area contributed by atoms with Gasteiger partial charge in [0.2, 0.25) is 21.2 Å². The number of hydrogen-bond acceptors (Lipinski definition) is 7. The maximum atomic E-state index is 12.9. The monoisotopic (exact) mass is 521 g/mol. The summed E-state index contributed by atoms with van der Waals surface area (Å²) >= 11 is 0. The molecule has 1 saturated heterocycles. The van der Waals surface area contributed by atoms with Crippen LogP contribution < -0.4 is 10.2 Å². The fraction of sp³-hybridized carbons (Fsp3) is 0.429. The number of hydrogen-bond donors (Lipinski definition) is 0. The molecule has 0 atom stereocenters. The minimum absolute atomic E-state index is 0.0474. The molecule has 3 aliphatic rings. The summed E-state index contributed by atoms with van der Waals surface area (Å²) in [7, 11) is -3.51. The van der Waals surface area contributed by atoms with Crippen molar-refractivity contribution in [3.63, 3.8) is 0 Å². The molecule has 2 aliphatic heterocycles. The van der Waals surface area contributed by atoms with Crippen LogP contribution in [0.4, 0.5) is 0 Å². The van der Waals surface area contributed by atoms with E-state index < -0.39 is 10.0 Å². The van der Waals surface area contributed by atoms with E-state index in [1.165, 1.54) is 23.6 Å². The standard InChI is InChI=1S/C28H31N3O5S/c32-26-14-23(19-30-11-7-21-4-1-2-5-22(21)18-30)35-20-27(26)36-24-15-28(16-24)8-12-31(13-9-28)37(33,34)25-6-3-10-29-17-25/h1-6,10,14,17,20,24H,7-9,11-13,15-16,18-19H2. The van der Waals surface area contributed by atoms with Crippen LogP contribution in [0.25, 0.3) is 0 Å². The molecule has 3 aromatic rings. The molecule has 1 spiro atoms. The number of piperidine rings is 1. The molecule has 2 aromatic heterocycles. The normalized spacial score (nSPS) is 20.3. The second kappa shape index (κ2) is 9.70. The zero-order chi connectivity index (χ0) is 25.5. The maximum Gasteiger partial charge on any atom is 0.244 e. The lowest BCUT2D eigenvalue weighted by Crippen LogP contribution is -2.52. The molecule has 1 saturated carbocycles. The van der Waals surface area contributed by atoms with Crippen molar-refractivity contribution in [1.82, 2.24) is 14.2 Å². The first-order valence-corrected chi connectivity index (χ1v) is 14.3. The number of pyridine rings is 1. The number of fused-ring (bicyclic) bond motifs is 1. The van der Waals surface area contributed by atoms with Crippen LogP contribution in [0.2, 0.25) is 0 Å². The van der Waals surface area contributed by atoms with Crippen molar-refractivity contribution < 1.29 is 17.6 Å². The summed E-state index contributed by atoms with van der Waals surface area (Å²) in [5.74, 6) is 0.896. The molecule has 0 bridgehead atoms. The lowest BCUT2D eigenvalue weighted by atomic mass is 9.62. The van der Waals surface area contributed by atoms with Crippen molar-refractivity contribution in [3.05, 3.63) is 88.2 Å². The average molecular weight is 522 g/mol. The highest BCUT2D eigenvalue weighted by molar-refractivity contribution is 7.89. The molecule has 0 radical (unpaired) electrons. The molecule has 37 heavy (non-hydrogen) atoms. The third-order valence-electron chi connectivity index (χ3n) is 8.11. The van der Waals surface area contributed by atoms with E-state index in [0.717, 1.165) is 45.2 Å². The lowest BCUT2D eigenvalue weighted by Gasteiger charge is -2.51. The first-order chi connectivity index (χ1) is 17.9. The Hall–Kier alpha value is -3.01. The fourth-order valence-electron chi connectivity index (χ4n) is 5.94. The van der Waals surface area contributed by atoms with Gasteiger partial charge >= 0.3 is 0 Å². The molecule has 8 nitrogen and oxygen atoms in total. The quantitative estimate of drug-likeness (QED) is 0.489. The van der Waals surface area contributed by atoms with Crippen LogP contribution >= 0.6 is 0 Å². The Bertz CT molecular complexity index is 1420. The van der Waals surface area contributed by atoms with Gasteiger partial charge in [-0.05, 0) is 60.8 Å². The van der Waals surface area contributed by atoms with E-state index >= 15 is 0 Å². The van der Waals surface area contributed by atoms with Crippen LogP contribution in [0.3, 0.4) is 0 Å². The van der Waals surface area contributed by atoms with Gasteiger partial charge in [-0.25, -0.2) is 8.42 Å². The van der Waals surface area contributed by atoms with Gasteiger partial charge in [-0.3, -0.25) is 14.7 Å². The third kappa shape index (κ3) is 4.95. The van der Waals surface area contributed by atoms with Crippen molar-refractivity contribution in [2.24, 2.45) is 5.41 Å². The van der Waals surface area contributed by atoms with E-state index in [-0.39, 0.29) is 27.6 Å². The van der Waals surface area contributed by atoms with Gasteiger partial charge in [-0.15, -0.1) is 0 Å². The Morgan fingerprint density at radius 1 is 1.05 bits per heavy atom. The average Bonchev–Trinajstić information content (AvgIpc) is 2.90. The highest BCUT2D eigenvalue weighted by Gasteiger charge is 2.48. The molecule has 6 rings (SSSR count). The Labute approximate surface area is 216 Å². The van der Waals surface area contributed by atoms with Gasteiger partial charge in [0, 0.05) is 44.6 Å². The molecule has 194 valence electrons. The molecule has 9 heteroatoms. The highest BCUT2D eigenvalue weighted by Crippen LogP contribution is 2.50. The van der Waals surface area contributed by atoms with E-state index in [2.05, 4.69) is 34.1 Å². The van der Waals surface area contributed by atoms with E-state index in [1.54, 1.807) is 28.7 Å². The van der Waals surface area contributed by atoms with E-state index in [1.807, 2.05) is 0 Å². The highest BCUT2D eigenvalue weighted by atomic mass is 32.2. The number of aromatic nitrogens is 1. The minimum Gasteiger partial charge on any atom is -0.483 e. The van der Waals surface area contributed by atoms with Gasteiger partial charge in [0.25, 0.3) is 0 Å². The van der Waals surface area contributed by atoms with Gasteiger partial charge in [-0.2, -0.15) is 4.31 Å². The maximum absolute atomic E-state index is 12.9. The van der Waals surface area contributed by atoms with Gasteiger partial charge in [0.1, 0.15) is 23.0 Å². The van der Waals surface area contributed by atoms with E-state index in [9.17, 15) is 13.2 Å². The number of sulfonamides is 1. The van der Waals surface area contributed by atoms with Crippen molar-refractivity contribution in [2.75, 3.05) is 19.6 Å². The van der Waals surface area contributed by atoms with Gasteiger partial charge in [-0.1, -0.05) is 24.3 Å². The zero-order valence-corrected chi connectivity index (χ0v) is 21.5. The number of rotatable bonds is 6. The van der Waals surface area contributed by atoms with Gasteiger partial charge < -0.3 is 9.15 Å². The first kappa shape index (κ1) is 24.3. The summed E-state index contributed by atoms with van der Waals surface area (Å²) in [4.78, 5) is 19.2. The molecular weight excluding hydrogens is 490 g/mol. The zero-order valence-electron chi connectivity index (χ0n) is 20.7. The molecule has 0 N–H and O–H groups in total. The van der Waals surface area contributed by atoms with Crippen LogP contribution in [0.15, 0.2) is 75.2 Å². The topological polar surface area (TPSA) is 93.0 Å². The third-order valence-corrected chi connectivity index (χ3v) is 9.99. The summed E-state index contributed by atoms with van der Waals surface area (Å²) in [6.45, 7) is 3.35. The minimum atomic E-state index is -3.51. The van der Waals surface area contributed by atoms with Crippen molar-refractivity contribution in [2.45, 2.75) is 56.2 Å². The summed E-state index contributed by atoms with van der Waals surface area (Å²) in [6.07, 6.45) is 8.59.